The number of hydrogen-bond acceptors (Lipinski definition) is 4. The third kappa shape index (κ3) is 5.23. The summed E-state index contributed by atoms with van der Waals surface area (Å²) in [6.07, 6.45) is 6.69. The fraction of sp³-hybridized carbons (Fsp3) is 0.211. The van der Waals surface area contributed by atoms with Gasteiger partial charge >= 0.3 is 0 Å². The molecule has 0 aliphatic heterocycles. The minimum absolute atomic E-state index is 0.0177. The first-order valence-electron chi connectivity index (χ1n) is 7.74. The van der Waals surface area contributed by atoms with E-state index in [-0.39, 0.29) is 23.8 Å². The van der Waals surface area contributed by atoms with Crippen LogP contribution >= 0.6 is 11.6 Å². The van der Waals surface area contributed by atoms with Gasteiger partial charge in [-0.05, 0) is 44.2 Å². The number of carbonyl (C=O) groups excluding carboxylic acids is 2. The number of nitrogens with one attached hydrogen (secondary N) is 2. The molecule has 0 radical (unpaired) electrons. The van der Waals surface area contributed by atoms with Gasteiger partial charge in [-0.15, -0.1) is 6.42 Å². The van der Waals surface area contributed by atoms with Crippen LogP contribution in [0.2, 0.25) is 5.02 Å². The average molecular weight is 372 g/mol. The smallest absolute Gasteiger partial charge is 0.271 e. The van der Waals surface area contributed by atoms with Gasteiger partial charge in [-0.1, -0.05) is 17.5 Å². The Morgan fingerprint density at radius 1 is 1.31 bits per heavy atom. The Morgan fingerprint density at radius 2 is 2.04 bits per heavy atom. The van der Waals surface area contributed by atoms with Crippen LogP contribution in [-0.4, -0.2) is 27.4 Å². The van der Waals surface area contributed by atoms with Gasteiger partial charge in [0, 0.05) is 22.5 Å². The number of aromatic hydroxyl groups is 1. The third-order valence-corrected chi connectivity index (χ3v) is 3.69. The molecule has 7 heteroatoms. The van der Waals surface area contributed by atoms with Gasteiger partial charge in [0.25, 0.3) is 5.91 Å². The van der Waals surface area contributed by atoms with E-state index in [4.69, 9.17) is 18.0 Å². The third-order valence-electron chi connectivity index (χ3n) is 3.46. The molecular weight excluding hydrogens is 354 g/mol. The van der Waals surface area contributed by atoms with Gasteiger partial charge in [0.15, 0.2) is 0 Å². The fourth-order valence-corrected chi connectivity index (χ4v) is 2.28. The van der Waals surface area contributed by atoms with Crippen molar-refractivity contribution in [3.05, 3.63) is 52.8 Å². The van der Waals surface area contributed by atoms with Crippen LogP contribution in [0.5, 0.6) is 5.75 Å². The lowest BCUT2D eigenvalue weighted by molar-refractivity contribution is -0.115. The van der Waals surface area contributed by atoms with E-state index in [9.17, 15) is 14.7 Å². The number of halogens is 1. The van der Waals surface area contributed by atoms with Gasteiger partial charge in [-0.25, -0.2) is 0 Å². The topological polar surface area (TPSA) is 91.3 Å². The zero-order valence-corrected chi connectivity index (χ0v) is 15.1. The van der Waals surface area contributed by atoms with Gasteiger partial charge < -0.3 is 15.7 Å². The molecule has 0 bridgehead atoms. The van der Waals surface area contributed by atoms with Crippen molar-refractivity contribution in [3.8, 4) is 18.1 Å². The summed E-state index contributed by atoms with van der Waals surface area (Å²) in [6, 6.07) is 7.47. The monoisotopic (exact) mass is 371 g/mol. The van der Waals surface area contributed by atoms with Crippen LogP contribution in [0.25, 0.3) is 0 Å². The molecule has 0 atom stereocenters. The summed E-state index contributed by atoms with van der Waals surface area (Å²) in [7, 11) is 0. The van der Waals surface area contributed by atoms with Gasteiger partial charge in [0.1, 0.15) is 11.4 Å². The lowest BCUT2D eigenvalue weighted by Gasteiger charge is -2.19. The first-order chi connectivity index (χ1) is 12.2. The van der Waals surface area contributed by atoms with Gasteiger partial charge in [-0.3, -0.25) is 14.6 Å². The van der Waals surface area contributed by atoms with Crippen molar-refractivity contribution in [1.29, 1.82) is 0 Å². The molecule has 0 unspecified atom stereocenters. The summed E-state index contributed by atoms with van der Waals surface area (Å²) in [5, 5.41) is 15.5. The summed E-state index contributed by atoms with van der Waals surface area (Å²) in [5.74, 6) is 1.63. The second-order valence-corrected chi connectivity index (χ2v) is 6.59. The fourth-order valence-electron chi connectivity index (χ4n) is 2.09. The van der Waals surface area contributed by atoms with Crippen molar-refractivity contribution in [2.24, 2.45) is 0 Å². The summed E-state index contributed by atoms with van der Waals surface area (Å²) in [4.78, 5) is 28.4. The molecular formula is C19H18ClN3O3. The van der Waals surface area contributed by atoms with Crippen LogP contribution in [0, 0.1) is 12.3 Å². The molecule has 3 N–H and O–H groups in total. The van der Waals surface area contributed by atoms with Gasteiger partial charge in [-0.2, -0.15) is 0 Å². The molecule has 0 saturated carbocycles. The second kappa shape index (κ2) is 7.89. The lowest BCUT2D eigenvalue weighted by Crippen LogP contribution is -2.42. The first-order valence-corrected chi connectivity index (χ1v) is 8.11. The van der Waals surface area contributed by atoms with Gasteiger partial charge in [0.2, 0.25) is 5.91 Å². The molecule has 0 aliphatic rings. The number of carbonyl (C=O) groups is 2. The average Bonchev–Trinajstić information content (AvgIpc) is 2.58. The molecule has 0 spiro atoms. The van der Waals surface area contributed by atoms with Crippen molar-refractivity contribution in [1.82, 2.24) is 10.3 Å². The number of phenolic OH excluding ortho intramolecular Hbond substituents is 1. The summed E-state index contributed by atoms with van der Waals surface area (Å²) >= 11 is 5.87. The highest BCUT2D eigenvalue weighted by Gasteiger charge is 2.19. The minimum atomic E-state index is -0.817. The van der Waals surface area contributed by atoms with E-state index in [1.807, 2.05) is 0 Å². The Labute approximate surface area is 156 Å². The van der Waals surface area contributed by atoms with Crippen LogP contribution in [0.15, 0.2) is 36.5 Å². The Morgan fingerprint density at radius 3 is 2.73 bits per heavy atom. The Balaban J connectivity index is 2.08. The highest BCUT2D eigenvalue weighted by atomic mass is 35.5. The molecule has 0 saturated heterocycles. The summed E-state index contributed by atoms with van der Waals surface area (Å²) < 4.78 is 0. The zero-order chi connectivity index (χ0) is 19.3. The first kappa shape index (κ1) is 19.3. The van der Waals surface area contributed by atoms with Crippen molar-refractivity contribution in [3.63, 3.8) is 0 Å². The number of pyridine rings is 1. The standard InChI is InChI=1S/C19H18ClN3O3/c1-4-19(2,3)23-18(26)15-11-14(7-8-21-15)22-17(25)10-12-9-13(20)5-6-16(12)24/h1,5-9,11,24H,10H2,2-3H3,(H,23,26)(H,21,22,25). The molecule has 1 heterocycles. The molecule has 2 rings (SSSR count). The Kier molecular flexibility index (Phi) is 5.86. The van der Waals surface area contributed by atoms with Crippen molar-refractivity contribution in [2.45, 2.75) is 25.8 Å². The number of anilines is 1. The molecule has 1 aromatic heterocycles. The van der Waals surface area contributed by atoms with Crippen LogP contribution < -0.4 is 10.6 Å². The van der Waals surface area contributed by atoms with E-state index in [1.54, 1.807) is 19.9 Å². The summed E-state index contributed by atoms with van der Waals surface area (Å²) in [6.45, 7) is 3.38. The number of phenols is 1. The van der Waals surface area contributed by atoms with Crippen molar-refractivity contribution < 1.29 is 14.7 Å². The summed E-state index contributed by atoms with van der Waals surface area (Å²) in [5.41, 5.74) is 0.104. The molecule has 2 aromatic rings. The number of terminal acetylenes is 1. The molecule has 0 aliphatic carbocycles. The zero-order valence-electron chi connectivity index (χ0n) is 14.3. The number of aromatic nitrogens is 1. The predicted octanol–water partition coefficient (Wildman–Crippen LogP) is 2.76. The normalized spacial score (nSPS) is 10.7. The van der Waals surface area contributed by atoms with Crippen molar-refractivity contribution in [2.75, 3.05) is 5.32 Å². The molecule has 1 aromatic carbocycles. The van der Waals surface area contributed by atoms with Crippen molar-refractivity contribution >= 4 is 29.1 Å². The lowest BCUT2D eigenvalue weighted by atomic mass is 10.1. The van der Waals surface area contributed by atoms with E-state index >= 15 is 0 Å². The van der Waals surface area contributed by atoms with Gasteiger partial charge in [0.05, 0.1) is 12.0 Å². The largest absolute Gasteiger partial charge is 0.508 e. The molecule has 2 amide bonds. The number of rotatable bonds is 5. The van der Waals surface area contributed by atoms with Crippen LogP contribution in [0.1, 0.15) is 29.9 Å². The van der Waals surface area contributed by atoms with E-state index in [0.717, 1.165) is 0 Å². The minimum Gasteiger partial charge on any atom is -0.508 e. The maximum absolute atomic E-state index is 12.2. The van der Waals surface area contributed by atoms with Crippen LogP contribution in [-0.2, 0) is 11.2 Å². The molecule has 0 fully saturated rings. The van der Waals surface area contributed by atoms with E-state index < -0.39 is 11.4 Å². The SMILES string of the molecule is C#CC(C)(C)NC(=O)c1cc(NC(=O)Cc2cc(Cl)ccc2O)ccn1. The quantitative estimate of drug-likeness (QED) is 0.705. The van der Waals surface area contributed by atoms with E-state index in [2.05, 4.69) is 21.5 Å². The number of benzene rings is 1. The van der Waals surface area contributed by atoms with E-state index in [0.29, 0.717) is 16.3 Å². The number of hydrogen-bond donors (Lipinski definition) is 3. The Hall–Kier alpha value is -3.04. The molecule has 134 valence electrons. The highest BCUT2D eigenvalue weighted by molar-refractivity contribution is 6.30. The molecule has 6 nitrogen and oxygen atoms in total. The Bertz CT molecular complexity index is 888. The second-order valence-electron chi connectivity index (χ2n) is 6.15. The highest BCUT2D eigenvalue weighted by Crippen LogP contribution is 2.22. The molecule has 26 heavy (non-hydrogen) atoms. The number of nitrogens with zero attached hydrogens (tertiary/aromatic N) is 1. The maximum atomic E-state index is 12.2. The van der Waals surface area contributed by atoms with Crippen LogP contribution in [0.3, 0.4) is 0 Å². The maximum Gasteiger partial charge on any atom is 0.271 e. The van der Waals surface area contributed by atoms with E-state index in [1.165, 1.54) is 30.5 Å². The van der Waals surface area contributed by atoms with Crippen LogP contribution in [0.4, 0.5) is 5.69 Å². The predicted molar refractivity (Wildman–Crippen MR) is 100 cm³/mol. The number of amides is 2.